The van der Waals surface area contributed by atoms with Crippen LogP contribution in [-0.4, -0.2) is 20.0 Å². The fourth-order valence-electron chi connectivity index (χ4n) is 2.03. The maximum Gasteiger partial charge on any atom is 0.214 e. The topological polar surface area (TPSA) is 18.5 Å². The van der Waals surface area contributed by atoms with E-state index in [0.29, 0.717) is 0 Å². The molecule has 74 valence electrons. The van der Waals surface area contributed by atoms with Gasteiger partial charge < -0.3 is 9.47 Å². The van der Waals surface area contributed by atoms with Gasteiger partial charge in [-0.1, -0.05) is 0 Å². The molecular weight excluding hydrogens is 164 g/mol. The molecule has 0 saturated carbocycles. The highest BCUT2D eigenvalue weighted by Crippen LogP contribution is 2.42. The van der Waals surface area contributed by atoms with E-state index in [1.807, 2.05) is 0 Å². The quantitative estimate of drug-likeness (QED) is 0.611. The molecule has 0 aromatic carbocycles. The summed E-state index contributed by atoms with van der Waals surface area (Å²) < 4.78 is 11.0. The Hall–Kier alpha value is -0.600. The molecule has 1 aliphatic carbocycles. The monoisotopic (exact) mass is 182 g/mol. The smallest absolute Gasteiger partial charge is 0.214 e. The molecule has 0 amide bonds. The van der Waals surface area contributed by atoms with Gasteiger partial charge >= 0.3 is 0 Å². The van der Waals surface area contributed by atoms with Crippen LogP contribution in [-0.2, 0) is 9.47 Å². The van der Waals surface area contributed by atoms with Crippen molar-refractivity contribution in [2.24, 2.45) is 0 Å². The Morgan fingerprint density at radius 3 is 1.23 bits per heavy atom. The first-order valence-electron chi connectivity index (χ1n) is 4.47. The summed E-state index contributed by atoms with van der Waals surface area (Å²) in [6, 6.07) is 0. The molecule has 13 heavy (non-hydrogen) atoms. The summed E-state index contributed by atoms with van der Waals surface area (Å²) in [6.45, 7) is 8.33. The van der Waals surface area contributed by atoms with E-state index in [1.165, 1.54) is 11.1 Å². The molecule has 0 N–H and O–H groups in total. The maximum absolute atomic E-state index is 5.48. The van der Waals surface area contributed by atoms with Crippen LogP contribution in [0, 0.1) is 0 Å². The van der Waals surface area contributed by atoms with Crippen LogP contribution in [0.4, 0.5) is 0 Å². The van der Waals surface area contributed by atoms with Gasteiger partial charge in [0.1, 0.15) is 0 Å². The molecule has 0 aromatic rings. The molecule has 0 heterocycles. The summed E-state index contributed by atoms with van der Waals surface area (Å²) in [4.78, 5) is 0. The Kier molecular flexibility index (Phi) is 2.64. The predicted octanol–water partition coefficient (Wildman–Crippen LogP) is 2.66. The lowest BCUT2D eigenvalue weighted by Gasteiger charge is -2.30. The lowest BCUT2D eigenvalue weighted by Crippen LogP contribution is -2.34. The van der Waals surface area contributed by atoms with Crippen molar-refractivity contribution >= 4 is 0 Å². The molecule has 0 aliphatic heterocycles. The van der Waals surface area contributed by atoms with E-state index in [0.717, 1.165) is 11.1 Å². The van der Waals surface area contributed by atoms with Crippen LogP contribution in [0.15, 0.2) is 22.3 Å². The molecule has 0 aromatic heterocycles. The number of hydrogen-bond donors (Lipinski definition) is 0. The van der Waals surface area contributed by atoms with Crippen molar-refractivity contribution in [1.29, 1.82) is 0 Å². The Morgan fingerprint density at radius 1 is 0.769 bits per heavy atom. The second-order valence-electron chi connectivity index (χ2n) is 3.52. The summed E-state index contributed by atoms with van der Waals surface area (Å²) in [6.07, 6.45) is 0. The average molecular weight is 182 g/mol. The molecule has 2 heteroatoms. The van der Waals surface area contributed by atoms with Crippen molar-refractivity contribution in [2.45, 2.75) is 33.5 Å². The van der Waals surface area contributed by atoms with Gasteiger partial charge in [-0.3, -0.25) is 0 Å². The number of allylic oxidation sites excluding steroid dienone is 2. The minimum Gasteiger partial charge on any atom is -0.346 e. The molecule has 1 rings (SSSR count). The van der Waals surface area contributed by atoms with Crippen LogP contribution < -0.4 is 0 Å². The molecule has 0 unspecified atom stereocenters. The van der Waals surface area contributed by atoms with Gasteiger partial charge in [-0.25, -0.2) is 0 Å². The van der Waals surface area contributed by atoms with E-state index >= 15 is 0 Å². The second kappa shape index (κ2) is 3.28. The van der Waals surface area contributed by atoms with Crippen LogP contribution in [0.3, 0.4) is 0 Å². The van der Waals surface area contributed by atoms with Crippen LogP contribution in [0.25, 0.3) is 0 Å². The van der Waals surface area contributed by atoms with Crippen LogP contribution in [0.1, 0.15) is 27.7 Å². The predicted molar refractivity (Wildman–Crippen MR) is 53.5 cm³/mol. The lowest BCUT2D eigenvalue weighted by molar-refractivity contribution is -0.148. The SMILES string of the molecule is COC1(OC)C(C)=C(C)C(C)=C1C. The third-order valence-corrected chi connectivity index (χ3v) is 3.25. The molecule has 0 fully saturated rings. The van der Waals surface area contributed by atoms with E-state index in [4.69, 9.17) is 9.47 Å². The van der Waals surface area contributed by atoms with Gasteiger partial charge in [0, 0.05) is 14.2 Å². The van der Waals surface area contributed by atoms with E-state index in [-0.39, 0.29) is 0 Å². The minimum absolute atomic E-state index is 0.603. The van der Waals surface area contributed by atoms with Crippen molar-refractivity contribution in [1.82, 2.24) is 0 Å². The van der Waals surface area contributed by atoms with E-state index in [1.54, 1.807) is 14.2 Å². The molecule has 1 aliphatic rings. The summed E-state index contributed by atoms with van der Waals surface area (Å²) in [5.41, 5.74) is 4.88. The van der Waals surface area contributed by atoms with Gasteiger partial charge in [0.2, 0.25) is 5.79 Å². The lowest BCUT2D eigenvalue weighted by atomic mass is 10.0. The van der Waals surface area contributed by atoms with Crippen LogP contribution in [0.2, 0.25) is 0 Å². The van der Waals surface area contributed by atoms with Gasteiger partial charge in [-0.2, -0.15) is 0 Å². The van der Waals surface area contributed by atoms with Crippen molar-refractivity contribution < 1.29 is 9.47 Å². The third-order valence-electron chi connectivity index (χ3n) is 3.25. The zero-order valence-corrected chi connectivity index (χ0v) is 9.32. The minimum atomic E-state index is -0.603. The van der Waals surface area contributed by atoms with Crippen molar-refractivity contribution in [2.75, 3.05) is 14.2 Å². The van der Waals surface area contributed by atoms with Gasteiger partial charge in [0.15, 0.2) is 0 Å². The van der Waals surface area contributed by atoms with Gasteiger partial charge in [0.05, 0.1) is 0 Å². The molecule has 0 spiro atoms. The molecule has 2 nitrogen and oxygen atoms in total. The maximum atomic E-state index is 5.48. The Labute approximate surface area is 80.2 Å². The van der Waals surface area contributed by atoms with Crippen molar-refractivity contribution in [3.05, 3.63) is 22.3 Å². The summed E-state index contributed by atoms with van der Waals surface area (Å²) in [7, 11) is 3.37. The first-order chi connectivity index (χ1) is 6.01. The third kappa shape index (κ3) is 1.17. The number of ether oxygens (including phenoxy) is 2. The Balaban J connectivity index is 3.28. The van der Waals surface area contributed by atoms with Crippen LogP contribution >= 0.6 is 0 Å². The zero-order chi connectivity index (χ0) is 10.2. The Morgan fingerprint density at radius 2 is 1.08 bits per heavy atom. The summed E-state index contributed by atoms with van der Waals surface area (Å²) in [5, 5.41) is 0. The zero-order valence-electron chi connectivity index (χ0n) is 9.32. The van der Waals surface area contributed by atoms with Crippen molar-refractivity contribution in [3.8, 4) is 0 Å². The van der Waals surface area contributed by atoms with E-state index in [9.17, 15) is 0 Å². The molecular formula is C11H18O2. The first-order valence-corrected chi connectivity index (χ1v) is 4.47. The van der Waals surface area contributed by atoms with Gasteiger partial charge in [-0.05, 0) is 50.0 Å². The number of rotatable bonds is 2. The standard InChI is InChI=1S/C11H18O2/c1-7-8(2)10(4)11(12-5,13-6)9(7)3/h1-6H3. The van der Waals surface area contributed by atoms with E-state index in [2.05, 4.69) is 27.7 Å². The van der Waals surface area contributed by atoms with Gasteiger partial charge in [0.25, 0.3) is 0 Å². The normalized spacial score (nSPS) is 21.7. The first kappa shape index (κ1) is 10.5. The summed E-state index contributed by atoms with van der Waals surface area (Å²) >= 11 is 0. The highest BCUT2D eigenvalue weighted by Gasteiger charge is 2.41. The molecule has 0 saturated heterocycles. The highest BCUT2D eigenvalue weighted by molar-refractivity contribution is 5.50. The summed E-state index contributed by atoms with van der Waals surface area (Å²) in [5.74, 6) is -0.603. The fraction of sp³-hybridized carbons (Fsp3) is 0.636. The molecule has 0 atom stereocenters. The molecule has 0 radical (unpaired) electrons. The second-order valence-corrected chi connectivity index (χ2v) is 3.52. The average Bonchev–Trinajstić information content (AvgIpc) is 2.31. The van der Waals surface area contributed by atoms with Crippen LogP contribution in [0.5, 0.6) is 0 Å². The molecule has 0 bridgehead atoms. The number of hydrogen-bond acceptors (Lipinski definition) is 2. The number of methoxy groups -OCH3 is 2. The largest absolute Gasteiger partial charge is 0.346 e. The van der Waals surface area contributed by atoms with Crippen molar-refractivity contribution in [3.63, 3.8) is 0 Å². The van der Waals surface area contributed by atoms with E-state index < -0.39 is 5.79 Å². The highest BCUT2D eigenvalue weighted by atomic mass is 16.7. The Bertz CT molecular complexity index is 254. The van der Waals surface area contributed by atoms with Gasteiger partial charge in [-0.15, -0.1) is 0 Å². The fourth-order valence-corrected chi connectivity index (χ4v) is 2.03.